The van der Waals surface area contributed by atoms with Gasteiger partial charge in [0.25, 0.3) is 0 Å². The Morgan fingerprint density at radius 3 is 3.00 bits per heavy atom. The van der Waals surface area contributed by atoms with E-state index < -0.39 is 0 Å². The molecule has 0 fully saturated rings. The van der Waals surface area contributed by atoms with Gasteiger partial charge in [-0.1, -0.05) is 19.9 Å². The van der Waals surface area contributed by atoms with Gasteiger partial charge in [0.15, 0.2) is 0 Å². The van der Waals surface area contributed by atoms with Gasteiger partial charge in [0.05, 0.1) is 6.61 Å². The van der Waals surface area contributed by atoms with Crippen LogP contribution in [0.2, 0.25) is 0 Å². The molecule has 0 spiro atoms. The summed E-state index contributed by atoms with van der Waals surface area (Å²) in [5.74, 6) is 0.00390. The van der Waals surface area contributed by atoms with Crippen LogP contribution in [-0.2, 0) is 4.79 Å². The molecule has 0 aliphatic carbocycles. The van der Waals surface area contributed by atoms with Gasteiger partial charge in [-0.15, -0.1) is 11.8 Å². The second-order valence-corrected chi connectivity index (χ2v) is 5.85. The Bertz CT molecular complexity index is 451. The Hall–Kier alpha value is -1.04. The van der Waals surface area contributed by atoms with Gasteiger partial charge in [0, 0.05) is 21.4 Å². The predicted octanol–water partition coefficient (Wildman–Crippen LogP) is 1.76. The van der Waals surface area contributed by atoms with Gasteiger partial charge in [0.1, 0.15) is 6.04 Å². The van der Waals surface area contributed by atoms with Crippen molar-refractivity contribution in [2.24, 2.45) is 0 Å². The third-order valence-electron chi connectivity index (χ3n) is 2.86. The maximum atomic E-state index is 11.8. The highest BCUT2D eigenvalue weighted by Crippen LogP contribution is 2.35. The fourth-order valence-corrected chi connectivity index (χ4v) is 2.86. The highest BCUT2D eigenvalue weighted by Gasteiger charge is 2.29. The van der Waals surface area contributed by atoms with Crippen LogP contribution in [0.4, 0.5) is 5.69 Å². The molecule has 1 aliphatic rings. The number of aliphatic hydroxyl groups excluding tert-OH is 1. The van der Waals surface area contributed by atoms with E-state index in [4.69, 9.17) is 5.11 Å². The molecule has 1 aromatic rings. The fraction of sp³-hybridized carbons (Fsp3) is 0.462. The molecule has 1 heterocycles. The fourth-order valence-electron chi connectivity index (χ4n) is 1.99. The Balaban J connectivity index is 2.19. The summed E-state index contributed by atoms with van der Waals surface area (Å²) in [5, 5.41) is 15.2. The highest BCUT2D eigenvalue weighted by atomic mass is 32.2. The number of likely N-dealkylation sites (N-methyl/N-ethyl adjacent to an activating group) is 1. The Morgan fingerprint density at radius 1 is 1.56 bits per heavy atom. The first-order chi connectivity index (χ1) is 8.65. The van der Waals surface area contributed by atoms with Gasteiger partial charge in [-0.3, -0.25) is 4.79 Å². The first-order valence-corrected chi connectivity index (χ1v) is 6.99. The number of carbonyl (C=O) groups is 1. The molecule has 2 atom stereocenters. The number of carbonyl (C=O) groups excluding carboxylic acids is 1. The van der Waals surface area contributed by atoms with E-state index in [2.05, 4.69) is 10.6 Å². The van der Waals surface area contributed by atoms with Crippen LogP contribution in [-0.4, -0.2) is 29.4 Å². The van der Waals surface area contributed by atoms with Crippen molar-refractivity contribution in [1.29, 1.82) is 0 Å². The Labute approximate surface area is 111 Å². The lowest BCUT2D eigenvalue weighted by Gasteiger charge is -2.11. The molecule has 3 N–H and O–H groups in total. The zero-order valence-corrected chi connectivity index (χ0v) is 11.4. The zero-order valence-electron chi connectivity index (χ0n) is 10.6. The molecule has 18 heavy (non-hydrogen) atoms. The summed E-state index contributed by atoms with van der Waals surface area (Å²) in [5.41, 5.74) is 1.88. The van der Waals surface area contributed by atoms with Gasteiger partial charge in [-0.2, -0.15) is 0 Å². The summed E-state index contributed by atoms with van der Waals surface area (Å²) < 4.78 is 0. The number of nitrogens with one attached hydrogen (secondary N) is 2. The first kappa shape index (κ1) is 13.4. The molecule has 98 valence electrons. The van der Waals surface area contributed by atoms with Crippen LogP contribution in [0.3, 0.4) is 0 Å². The Morgan fingerprint density at radius 2 is 2.33 bits per heavy atom. The van der Waals surface area contributed by atoms with Crippen LogP contribution in [0, 0.1) is 0 Å². The maximum Gasteiger partial charge on any atom is 0.246 e. The van der Waals surface area contributed by atoms with Crippen LogP contribution < -0.4 is 10.6 Å². The second kappa shape index (κ2) is 5.73. The van der Waals surface area contributed by atoms with Crippen LogP contribution >= 0.6 is 11.8 Å². The van der Waals surface area contributed by atoms with E-state index in [0.717, 1.165) is 22.7 Å². The first-order valence-electron chi connectivity index (χ1n) is 6.11. The van der Waals surface area contributed by atoms with Crippen LogP contribution in [0.1, 0.15) is 25.5 Å². The summed E-state index contributed by atoms with van der Waals surface area (Å²) in [6.07, 6.45) is 0. The number of hydrogen-bond acceptors (Lipinski definition) is 4. The average Bonchev–Trinajstić information content (AvgIpc) is 2.66. The predicted molar refractivity (Wildman–Crippen MR) is 73.9 cm³/mol. The number of anilines is 1. The van der Waals surface area contributed by atoms with Crippen molar-refractivity contribution in [3.63, 3.8) is 0 Å². The smallest absolute Gasteiger partial charge is 0.246 e. The number of thioether (sulfide) groups is 1. The average molecular weight is 266 g/mol. The summed E-state index contributed by atoms with van der Waals surface area (Å²) in [7, 11) is 0. The van der Waals surface area contributed by atoms with E-state index in [0.29, 0.717) is 0 Å². The SMILES string of the molecule is CCNC1C(=O)Nc2cc(SC(C)CO)ccc21. The minimum atomic E-state index is -0.237. The molecule has 0 bridgehead atoms. The van der Waals surface area contributed by atoms with Crippen molar-refractivity contribution in [2.45, 2.75) is 30.0 Å². The molecule has 0 saturated carbocycles. The molecule has 1 aliphatic heterocycles. The number of rotatable bonds is 5. The molecule has 5 heteroatoms. The quantitative estimate of drug-likeness (QED) is 0.711. The van der Waals surface area contributed by atoms with Crippen molar-refractivity contribution in [2.75, 3.05) is 18.5 Å². The zero-order chi connectivity index (χ0) is 13.1. The van der Waals surface area contributed by atoms with Crippen molar-refractivity contribution < 1.29 is 9.90 Å². The van der Waals surface area contributed by atoms with Crippen molar-refractivity contribution in [1.82, 2.24) is 5.32 Å². The summed E-state index contributed by atoms with van der Waals surface area (Å²) in [6, 6.07) is 5.72. The number of amides is 1. The van der Waals surface area contributed by atoms with Crippen molar-refractivity contribution >= 4 is 23.4 Å². The lowest BCUT2D eigenvalue weighted by molar-refractivity contribution is -0.117. The molecular formula is C13H18N2O2S. The van der Waals surface area contributed by atoms with Crippen LogP contribution in [0.15, 0.2) is 23.1 Å². The van der Waals surface area contributed by atoms with Gasteiger partial charge in [-0.25, -0.2) is 0 Å². The van der Waals surface area contributed by atoms with Gasteiger partial charge in [0.2, 0.25) is 5.91 Å². The van der Waals surface area contributed by atoms with Crippen LogP contribution in [0.25, 0.3) is 0 Å². The molecule has 0 radical (unpaired) electrons. The third kappa shape index (κ3) is 2.68. The molecule has 2 unspecified atom stereocenters. The summed E-state index contributed by atoms with van der Waals surface area (Å²) >= 11 is 1.60. The number of hydrogen-bond donors (Lipinski definition) is 3. The lowest BCUT2D eigenvalue weighted by Crippen LogP contribution is -2.27. The molecule has 0 aromatic heterocycles. The van der Waals surface area contributed by atoms with E-state index in [9.17, 15) is 4.79 Å². The summed E-state index contributed by atoms with van der Waals surface area (Å²) in [4.78, 5) is 12.9. The molecular weight excluding hydrogens is 248 g/mol. The maximum absolute atomic E-state index is 11.8. The molecule has 2 rings (SSSR count). The van der Waals surface area contributed by atoms with Gasteiger partial charge in [-0.05, 0) is 18.7 Å². The van der Waals surface area contributed by atoms with E-state index in [1.54, 1.807) is 11.8 Å². The molecule has 1 aromatic carbocycles. The largest absolute Gasteiger partial charge is 0.395 e. The van der Waals surface area contributed by atoms with Crippen LogP contribution in [0.5, 0.6) is 0 Å². The van der Waals surface area contributed by atoms with E-state index in [-0.39, 0.29) is 23.8 Å². The highest BCUT2D eigenvalue weighted by molar-refractivity contribution is 8.00. The monoisotopic (exact) mass is 266 g/mol. The molecule has 1 amide bonds. The third-order valence-corrected chi connectivity index (χ3v) is 3.94. The number of fused-ring (bicyclic) bond motifs is 1. The Kier molecular flexibility index (Phi) is 4.27. The van der Waals surface area contributed by atoms with Gasteiger partial charge >= 0.3 is 0 Å². The molecule has 0 saturated heterocycles. The standard InChI is InChI=1S/C13H18N2O2S/c1-3-14-12-10-5-4-9(18-8(2)7-16)6-11(10)15-13(12)17/h4-6,8,12,14,16H,3,7H2,1-2H3,(H,15,17). The number of benzene rings is 1. The minimum absolute atomic E-state index is 0.00390. The van der Waals surface area contributed by atoms with Crippen molar-refractivity contribution in [3.8, 4) is 0 Å². The topological polar surface area (TPSA) is 61.4 Å². The number of aliphatic hydroxyl groups is 1. The molecule has 4 nitrogen and oxygen atoms in total. The van der Waals surface area contributed by atoms with E-state index in [1.165, 1.54) is 0 Å². The van der Waals surface area contributed by atoms with Gasteiger partial charge < -0.3 is 15.7 Å². The van der Waals surface area contributed by atoms with E-state index in [1.807, 2.05) is 32.0 Å². The normalized spacial score (nSPS) is 19.5. The second-order valence-electron chi connectivity index (χ2n) is 4.34. The van der Waals surface area contributed by atoms with E-state index >= 15 is 0 Å². The summed E-state index contributed by atoms with van der Waals surface area (Å²) in [6.45, 7) is 4.86. The minimum Gasteiger partial charge on any atom is -0.395 e. The lowest BCUT2D eigenvalue weighted by atomic mass is 10.1. The van der Waals surface area contributed by atoms with Crippen molar-refractivity contribution in [3.05, 3.63) is 23.8 Å².